The van der Waals surface area contributed by atoms with Crippen LogP contribution in [0.25, 0.3) is 11.1 Å². The molecular formula is C14H8Cl4O. The second-order valence-electron chi connectivity index (χ2n) is 3.90. The SMILES string of the molecule is O=CCc1cc(-c2c(Cl)ccc(Cl)c2Cl)ccc1Cl. The molecule has 0 bridgehead atoms. The highest BCUT2D eigenvalue weighted by Crippen LogP contribution is 2.39. The zero-order chi connectivity index (χ0) is 14.0. The fraction of sp³-hybridized carbons (Fsp3) is 0.0714. The smallest absolute Gasteiger partial charge is 0.124 e. The molecule has 98 valence electrons. The molecule has 0 fully saturated rings. The van der Waals surface area contributed by atoms with Crippen LogP contribution in [0.5, 0.6) is 0 Å². The Morgan fingerprint density at radius 3 is 2.21 bits per heavy atom. The van der Waals surface area contributed by atoms with Crippen molar-refractivity contribution in [3.63, 3.8) is 0 Å². The van der Waals surface area contributed by atoms with Gasteiger partial charge >= 0.3 is 0 Å². The first-order valence-corrected chi connectivity index (χ1v) is 6.91. The Morgan fingerprint density at radius 2 is 1.53 bits per heavy atom. The third-order valence-corrected chi connectivity index (χ3v) is 4.17. The molecule has 0 heterocycles. The molecule has 0 spiro atoms. The second-order valence-corrected chi connectivity index (χ2v) is 5.49. The number of hydrogen-bond acceptors (Lipinski definition) is 1. The zero-order valence-corrected chi connectivity index (χ0v) is 12.6. The Labute approximate surface area is 131 Å². The molecule has 0 aliphatic heterocycles. The van der Waals surface area contributed by atoms with Crippen LogP contribution in [0.3, 0.4) is 0 Å². The van der Waals surface area contributed by atoms with Gasteiger partial charge < -0.3 is 4.79 Å². The molecule has 0 saturated heterocycles. The first kappa shape index (κ1) is 14.7. The van der Waals surface area contributed by atoms with Crippen LogP contribution in [0.4, 0.5) is 0 Å². The van der Waals surface area contributed by atoms with Crippen molar-refractivity contribution in [2.24, 2.45) is 0 Å². The minimum absolute atomic E-state index is 0.239. The van der Waals surface area contributed by atoms with Gasteiger partial charge in [-0.2, -0.15) is 0 Å². The van der Waals surface area contributed by atoms with Crippen LogP contribution in [0.15, 0.2) is 30.3 Å². The van der Waals surface area contributed by atoms with Gasteiger partial charge in [-0.15, -0.1) is 0 Å². The molecule has 0 unspecified atom stereocenters. The van der Waals surface area contributed by atoms with Crippen LogP contribution < -0.4 is 0 Å². The lowest BCUT2D eigenvalue weighted by Crippen LogP contribution is -1.90. The molecule has 2 aromatic rings. The van der Waals surface area contributed by atoms with Crippen molar-refractivity contribution in [3.05, 3.63) is 56.0 Å². The van der Waals surface area contributed by atoms with Gasteiger partial charge in [0.05, 0.1) is 10.0 Å². The third-order valence-electron chi connectivity index (χ3n) is 2.68. The lowest BCUT2D eigenvalue weighted by molar-refractivity contribution is -0.107. The number of rotatable bonds is 3. The molecule has 2 rings (SSSR count). The van der Waals surface area contributed by atoms with Crippen molar-refractivity contribution in [2.75, 3.05) is 0 Å². The van der Waals surface area contributed by atoms with Gasteiger partial charge in [0, 0.05) is 22.0 Å². The highest BCUT2D eigenvalue weighted by molar-refractivity contribution is 6.46. The van der Waals surface area contributed by atoms with E-state index in [9.17, 15) is 4.79 Å². The molecule has 0 atom stereocenters. The Balaban J connectivity index is 2.62. The normalized spacial score (nSPS) is 10.5. The van der Waals surface area contributed by atoms with E-state index in [4.69, 9.17) is 46.4 Å². The molecule has 0 amide bonds. The van der Waals surface area contributed by atoms with E-state index in [1.807, 2.05) is 0 Å². The van der Waals surface area contributed by atoms with Crippen molar-refractivity contribution in [1.82, 2.24) is 0 Å². The van der Waals surface area contributed by atoms with Crippen LogP contribution in [0.1, 0.15) is 5.56 Å². The molecule has 0 aliphatic carbocycles. The number of aldehydes is 1. The number of carbonyl (C=O) groups excluding carboxylic acids is 1. The largest absolute Gasteiger partial charge is 0.303 e. The quantitative estimate of drug-likeness (QED) is 0.519. The predicted octanol–water partition coefficient (Wildman–Crippen LogP) is 5.71. The first-order chi connectivity index (χ1) is 9.04. The van der Waals surface area contributed by atoms with Crippen molar-refractivity contribution in [1.29, 1.82) is 0 Å². The molecule has 0 aliphatic rings. The summed E-state index contributed by atoms with van der Waals surface area (Å²) in [4.78, 5) is 10.6. The van der Waals surface area contributed by atoms with E-state index < -0.39 is 0 Å². The average molecular weight is 334 g/mol. The topological polar surface area (TPSA) is 17.1 Å². The molecule has 1 nitrogen and oxygen atoms in total. The molecule has 5 heteroatoms. The fourth-order valence-electron chi connectivity index (χ4n) is 1.77. The second kappa shape index (κ2) is 6.15. The van der Waals surface area contributed by atoms with Crippen LogP contribution >= 0.6 is 46.4 Å². The van der Waals surface area contributed by atoms with Crippen LogP contribution in [0.2, 0.25) is 20.1 Å². The lowest BCUT2D eigenvalue weighted by Gasteiger charge is -2.10. The minimum atomic E-state index is 0.239. The summed E-state index contributed by atoms with van der Waals surface area (Å²) < 4.78 is 0. The van der Waals surface area contributed by atoms with Gasteiger partial charge in [-0.05, 0) is 35.4 Å². The summed E-state index contributed by atoms with van der Waals surface area (Å²) in [6, 6.07) is 8.61. The maximum Gasteiger partial charge on any atom is 0.124 e. The first-order valence-electron chi connectivity index (χ1n) is 5.40. The molecule has 0 aromatic heterocycles. The van der Waals surface area contributed by atoms with Gasteiger partial charge in [0.15, 0.2) is 0 Å². The summed E-state index contributed by atoms with van der Waals surface area (Å²) in [6.07, 6.45) is 1.04. The summed E-state index contributed by atoms with van der Waals surface area (Å²) in [6.45, 7) is 0. The van der Waals surface area contributed by atoms with E-state index in [0.717, 1.165) is 17.4 Å². The highest BCUT2D eigenvalue weighted by atomic mass is 35.5. The fourth-order valence-corrected chi connectivity index (χ4v) is 2.71. The Kier molecular flexibility index (Phi) is 4.75. The number of halogens is 4. The summed E-state index contributed by atoms with van der Waals surface area (Å²) in [5, 5.41) is 1.83. The zero-order valence-electron chi connectivity index (χ0n) is 9.59. The van der Waals surface area contributed by atoms with E-state index in [1.165, 1.54) is 0 Å². The summed E-state index contributed by atoms with van der Waals surface area (Å²) in [5.74, 6) is 0. The Morgan fingerprint density at radius 1 is 0.895 bits per heavy atom. The van der Waals surface area contributed by atoms with Gasteiger partial charge in [0.2, 0.25) is 0 Å². The molecule has 0 radical (unpaired) electrons. The van der Waals surface area contributed by atoms with Gasteiger partial charge in [-0.1, -0.05) is 52.5 Å². The predicted molar refractivity (Wildman–Crippen MR) is 81.7 cm³/mol. The van der Waals surface area contributed by atoms with Crippen LogP contribution in [-0.2, 0) is 11.2 Å². The van der Waals surface area contributed by atoms with Crippen molar-refractivity contribution >= 4 is 52.7 Å². The van der Waals surface area contributed by atoms with Gasteiger partial charge in [-0.3, -0.25) is 0 Å². The Hall–Kier alpha value is -0.730. The van der Waals surface area contributed by atoms with E-state index in [1.54, 1.807) is 30.3 Å². The monoisotopic (exact) mass is 332 g/mol. The molecular weight excluding hydrogens is 326 g/mol. The summed E-state index contributed by atoms with van der Waals surface area (Å²) >= 11 is 24.4. The highest BCUT2D eigenvalue weighted by Gasteiger charge is 2.13. The van der Waals surface area contributed by atoms with Crippen LogP contribution in [0, 0.1) is 0 Å². The van der Waals surface area contributed by atoms with E-state index in [0.29, 0.717) is 25.7 Å². The van der Waals surface area contributed by atoms with Crippen LogP contribution in [-0.4, -0.2) is 6.29 Å². The van der Waals surface area contributed by atoms with Crippen molar-refractivity contribution < 1.29 is 4.79 Å². The average Bonchev–Trinajstić information content (AvgIpc) is 2.38. The maximum absolute atomic E-state index is 10.6. The van der Waals surface area contributed by atoms with Crippen molar-refractivity contribution in [3.8, 4) is 11.1 Å². The van der Waals surface area contributed by atoms with Crippen molar-refractivity contribution in [2.45, 2.75) is 6.42 Å². The standard InChI is InChI=1S/C14H8Cl4O/c15-10-2-1-9(7-8(10)5-6-19)13-11(16)3-4-12(17)14(13)18/h1-4,6-7H,5H2. The molecule has 2 aromatic carbocycles. The molecule has 0 N–H and O–H groups in total. The number of carbonyl (C=O) groups is 1. The Bertz CT molecular complexity index is 638. The van der Waals surface area contributed by atoms with E-state index >= 15 is 0 Å². The summed E-state index contributed by atoms with van der Waals surface area (Å²) in [5.41, 5.74) is 2.14. The van der Waals surface area contributed by atoms with Gasteiger partial charge in [-0.25, -0.2) is 0 Å². The maximum atomic E-state index is 10.6. The molecule has 19 heavy (non-hydrogen) atoms. The minimum Gasteiger partial charge on any atom is -0.303 e. The third kappa shape index (κ3) is 3.06. The lowest BCUT2D eigenvalue weighted by atomic mass is 10.0. The number of benzene rings is 2. The molecule has 0 saturated carbocycles. The van der Waals surface area contributed by atoms with E-state index in [-0.39, 0.29) is 6.42 Å². The number of hydrogen-bond donors (Lipinski definition) is 0. The van der Waals surface area contributed by atoms with E-state index in [2.05, 4.69) is 0 Å². The van der Waals surface area contributed by atoms with Gasteiger partial charge in [0.25, 0.3) is 0 Å². The van der Waals surface area contributed by atoms with Gasteiger partial charge in [0.1, 0.15) is 6.29 Å². The summed E-state index contributed by atoms with van der Waals surface area (Å²) in [7, 11) is 0.